The molecule has 0 unspecified atom stereocenters. The molecule has 8 heteroatoms. The van der Waals surface area contributed by atoms with Gasteiger partial charge in [-0.1, -0.05) is 11.6 Å². The van der Waals surface area contributed by atoms with Gasteiger partial charge in [-0.25, -0.2) is 9.59 Å². The van der Waals surface area contributed by atoms with Gasteiger partial charge in [-0.2, -0.15) is 0 Å². The van der Waals surface area contributed by atoms with Gasteiger partial charge in [0.25, 0.3) is 5.91 Å². The summed E-state index contributed by atoms with van der Waals surface area (Å²) in [5.74, 6) is -3.12. The van der Waals surface area contributed by atoms with Gasteiger partial charge in [0.15, 0.2) is 6.61 Å². The SMILES string of the molecule is O=C(COc1cc(C(=O)O)cc(C(=O)O)c1)Nc1ccc(Cl)cc1. The number of ether oxygens (including phenoxy) is 1. The van der Waals surface area contributed by atoms with Gasteiger partial charge in [-0.3, -0.25) is 4.79 Å². The zero-order chi connectivity index (χ0) is 17.7. The van der Waals surface area contributed by atoms with Crippen LogP contribution in [0.15, 0.2) is 42.5 Å². The fourth-order valence-corrected chi connectivity index (χ4v) is 1.93. The number of carbonyl (C=O) groups is 3. The van der Waals surface area contributed by atoms with Crippen LogP contribution in [-0.4, -0.2) is 34.7 Å². The molecular formula is C16H12ClNO6. The van der Waals surface area contributed by atoms with E-state index in [1.54, 1.807) is 24.3 Å². The minimum atomic E-state index is -1.30. The van der Waals surface area contributed by atoms with Crippen LogP contribution in [0.4, 0.5) is 5.69 Å². The summed E-state index contributed by atoms with van der Waals surface area (Å²) < 4.78 is 5.18. The van der Waals surface area contributed by atoms with E-state index in [0.29, 0.717) is 10.7 Å². The van der Waals surface area contributed by atoms with Gasteiger partial charge in [-0.05, 0) is 42.5 Å². The van der Waals surface area contributed by atoms with Crippen molar-refractivity contribution in [1.29, 1.82) is 0 Å². The third-order valence-corrected chi connectivity index (χ3v) is 3.15. The Kier molecular flexibility index (Phi) is 5.39. The molecule has 0 spiro atoms. The largest absolute Gasteiger partial charge is 0.484 e. The predicted molar refractivity (Wildman–Crippen MR) is 85.9 cm³/mol. The number of carbonyl (C=O) groups excluding carboxylic acids is 1. The first-order valence-electron chi connectivity index (χ1n) is 6.65. The standard InChI is InChI=1S/C16H12ClNO6/c17-11-1-3-12(4-2-11)18-14(19)8-24-13-6-9(15(20)21)5-10(7-13)16(22)23/h1-7H,8H2,(H,18,19)(H,20,21)(H,22,23). The van der Waals surface area contributed by atoms with Gasteiger partial charge >= 0.3 is 11.9 Å². The summed E-state index contributed by atoms with van der Waals surface area (Å²) in [7, 11) is 0. The molecule has 0 saturated heterocycles. The topological polar surface area (TPSA) is 113 Å². The number of anilines is 1. The van der Waals surface area contributed by atoms with E-state index < -0.39 is 24.5 Å². The van der Waals surface area contributed by atoms with Crippen LogP contribution in [0.5, 0.6) is 5.75 Å². The fourth-order valence-electron chi connectivity index (χ4n) is 1.81. The first-order valence-corrected chi connectivity index (χ1v) is 7.03. The van der Waals surface area contributed by atoms with Crippen LogP contribution in [0.25, 0.3) is 0 Å². The van der Waals surface area contributed by atoms with Gasteiger partial charge in [0, 0.05) is 10.7 Å². The lowest BCUT2D eigenvalue weighted by Crippen LogP contribution is -2.20. The van der Waals surface area contributed by atoms with Crippen molar-refractivity contribution in [3.63, 3.8) is 0 Å². The fraction of sp³-hybridized carbons (Fsp3) is 0.0625. The lowest BCUT2D eigenvalue weighted by molar-refractivity contribution is -0.118. The van der Waals surface area contributed by atoms with Crippen LogP contribution in [0.2, 0.25) is 5.02 Å². The highest BCUT2D eigenvalue weighted by Gasteiger charge is 2.13. The molecule has 0 fully saturated rings. The summed E-state index contributed by atoms with van der Waals surface area (Å²) in [6.07, 6.45) is 0. The lowest BCUT2D eigenvalue weighted by Gasteiger charge is -2.09. The molecule has 0 aromatic heterocycles. The number of halogens is 1. The zero-order valence-corrected chi connectivity index (χ0v) is 12.9. The van der Waals surface area contributed by atoms with Crippen LogP contribution < -0.4 is 10.1 Å². The van der Waals surface area contributed by atoms with E-state index >= 15 is 0 Å². The highest BCUT2D eigenvalue weighted by molar-refractivity contribution is 6.30. The van der Waals surface area contributed by atoms with Crippen molar-refractivity contribution < 1.29 is 29.3 Å². The average molecular weight is 350 g/mol. The Morgan fingerprint density at radius 3 is 2.00 bits per heavy atom. The van der Waals surface area contributed by atoms with Crippen molar-refractivity contribution in [3.05, 3.63) is 58.6 Å². The van der Waals surface area contributed by atoms with Crippen molar-refractivity contribution in [2.24, 2.45) is 0 Å². The van der Waals surface area contributed by atoms with E-state index in [1.807, 2.05) is 0 Å². The van der Waals surface area contributed by atoms with Gasteiger partial charge in [-0.15, -0.1) is 0 Å². The Bertz CT molecular complexity index is 755. The molecule has 24 heavy (non-hydrogen) atoms. The van der Waals surface area contributed by atoms with Gasteiger partial charge in [0.2, 0.25) is 0 Å². The number of amides is 1. The summed E-state index contributed by atoms with van der Waals surface area (Å²) >= 11 is 5.74. The highest BCUT2D eigenvalue weighted by Crippen LogP contribution is 2.18. The molecule has 2 aromatic carbocycles. The molecule has 7 nitrogen and oxygen atoms in total. The third-order valence-electron chi connectivity index (χ3n) is 2.90. The molecule has 2 rings (SSSR count). The number of nitrogens with one attached hydrogen (secondary N) is 1. The summed E-state index contributed by atoms with van der Waals surface area (Å²) in [5, 5.41) is 21.0. The Morgan fingerprint density at radius 1 is 0.958 bits per heavy atom. The molecule has 0 aliphatic carbocycles. The van der Waals surface area contributed by atoms with Gasteiger partial charge in [0.1, 0.15) is 5.75 Å². The first kappa shape index (κ1) is 17.3. The lowest BCUT2D eigenvalue weighted by atomic mass is 10.1. The number of benzene rings is 2. The Balaban J connectivity index is 2.05. The van der Waals surface area contributed by atoms with Gasteiger partial charge in [0.05, 0.1) is 11.1 Å². The second kappa shape index (κ2) is 7.47. The number of rotatable bonds is 6. The van der Waals surface area contributed by atoms with Crippen LogP contribution in [0.1, 0.15) is 20.7 Å². The number of carboxylic acids is 2. The molecule has 0 atom stereocenters. The molecular weight excluding hydrogens is 338 g/mol. The number of hydrogen-bond donors (Lipinski definition) is 3. The normalized spacial score (nSPS) is 10.0. The monoisotopic (exact) mass is 349 g/mol. The summed E-state index contributed by atoms with van der Waals surface area (Å²) in [5.41, 5.74) is 0.0181. The van der Waals surface area contributed by atoms with Crippen molar-refractivity contribution in [2.45, 2.75) is 0 Å². The van der Waals surface area contributed by atoms with E-state index in [1.165, 1.54) is 0 Å². The van der Waals surface area contributed by atoms with E-state index in [0.717, 1.165) is 18.2 Å². The van der Waals surface area contributed by atoms with Crippen molar-refractivity contribution in [1.82, 2.24) is 0 Å². The van der Waals surface area contributed by atoms with Crippen LogP contribution in [0, 0.1) is 0 Å². The molecule has 0 saturated carbocycles. The molecule has 0 aliphatic rings. The van der Waals surface area contributed by atoms with Crippen LogP contribution in [-0.2, 0) is 4.79 Å². The van der Waals surface area contributed by atoms with Crippen molar-refractivity contribution >= 4 is 35.1 Å². The molecule has 124 valence electrons. The number of hydrogen-bond acceptors (Lipinski definition) is 4. The number of carboxylic acid groups (broad SMARTS) is 2. The molecule has 0 aliphatic heterocycles. The Morgan fingerprint density at radius 2 is 1.50 bits per heavy atom. The highest BCUT2D eigenvalue weighted by atomic mass is 35.5. The maximum absolute atomic E-state index is 11.8. The van der Waals surface area contributed by atoms with E-state index in [4.69, 9.17) is 26.6 Å². The minimum Gasteiger partial charge on any atom is -0.484 e. The summed E-state index contributed by atoms with van der Waals surface area (Å²) in [6.45, 7) is -0.412. The summed E-state index contributed by atoms with van der Waals surface area (Å²) in [4.78, 5) is 33.8. The first-order chi connectivity index (χ1) is 11.3. The molecule has 2 aromatic rings. The third kappa shape index (κ3) is 4.72. The maximum Gasteiger partial charge on any atom is 0.335 e. The van der Waals surface area contributed by atoms with Crippen molar-refractivity contribution in [3.8, 4) is 5.75 Å². The van der Waals surface area contributed by atoms with Gasteiger partial charge < -0.3 is 20.3 Å². The summed E-state index contributed by atoms with van der Waals surface area (Å²) in [6, 6.07) is 9.71. The van der Waals surface area contributed by atoms with E-state index in [-0.39, 0.29) is 16.9 Å². The Hall–Kier alpha value is -3.06. The average Bonchev–Trinajstić information content (AvgIpc) is 2.54. The van der Waals surface area contributed by atoms with Crippen LogP contribution >= 0.6 is 11.6 Å². The minimum absolute atomic E-state index is 0.0291. The predicted octanol–water partition coefficient (Wildman–Crippen LogP) is 2.75. The van der Waals surface area contributed by atoms with E-state index in [2.05, 4.69) is 5.32 Å². The Labute approximate surface area is 141 Å². The zero-order valence-electron chi connectivity index (χ0n) is 12.2. The molecule has 0 radical (unpaired) electrons. The second-order valence-corrected chi connectivity index (χ2v) is 5.14. The molecule has 0 bridgehead atoms. The number of aromatic carboxylic acids is 2. The second-order valence-electron chi connectivity index (χ2n) is 4.70. The van der Waals surface area contributed by atoms with Crippen molar-refractivity contribution in [2.75, 3.05) is 11.9 Å². The maximum atomic E-state index is 11.8. The quantitative estimate of drug-likeness (QED) is 0.739. The van der Waals surface area contributed by atoms with E-state index in [9.17, 15) is 14.4 Å². The molecule has 0 heterocycles. The smallest absolute Gasteiger partial charge is 0.335 e. The molecule has 3 N–H and O–H groups in total. The van der Waals surface area contributed by atoms with Crippen LogP contribution in [0.3, 0.4) is 0 Å². The molecule has 1 amide bonds.